The van der Waals surface area contributed by atoms with E-state index < -0.39 is 7.60 Å². The third-order valence-electron chi connectivity index (χ3n) is 1.48. The topological polar surface area (TPSA) is 57.5 Å². The minimum Gasteiger partial charge on any atom is -0.331 e. The molecule has 0 aliphatic rings. The molecule has 0 saturated heterocycles. The van der Waals surface area contributed by atoms with Crippen molar-refractivity contribution < 1.29 is 18.8 Å². The molecule has 2 N–H and O–H groups in total. The normalized spacial score (nSPS) is 13.9. The summed E-state index contributed by atoms with van der Waals surface area (Å²) < 4.78 is 11.3. The van der Waals surface area contributed by atoms with E-state index in [4.69, 9.17) is 9.79 Å². The Balaban J connectivity index is 3.61. The fraction of sp³-hybridized carbons (Fsp3) is 0.750. The van der Waals surface area contributed by atoms with Crippen LogP contribution in [0.1, 0.15) is 6.42 Å². The van der Waals surface area contributed by atoms with Crippen molar-refractivity contribution in [2.24, 2.45) is 0 Å². The lowest BCUT2D eigenvalue weighted by atomic mass is 10.3. The van der Waals surface area contributed by atoms with Gasteiger partial charge in [-0.05, 0) is 0 Å². The summed E-state index contributed by atoms with van der Waals surface area (Å²) in [6, 6.07) is 0. The van der Waals surface area contributed by atoms with E-state index >= 15 is 0 Å². The lowest BCUT2D eigenvalue weighted by Crippen LogP contribution is -2.34. The zero-order valence-electron chi connectivity index (χ0n) is 8.47. The number of hydrogen-bond acceptors (Lipinski definition) is 1. The predicted molar refractivity (Wildman–Crippen MR) is 53.6 cm³/mol. The zero-order chi connectivity index (χ0) is 10.5. The van der Waals surface area contributed by atoms with Crippen LogP contribution in [0.15, 0.2) is 12.2 Å². The van der Waals surface area contributed by atoms with Crippen molar-refractivity contribution in [3.63, 3.8) is 0 Å². The van der Waals surface area contributed by atoms with Gasteiger partial charge in [-0.25, -0.2) is 0 Å². The molecule has 0 spiro atoms. The number of hydrogen-bond donors (Lipinski definition) is 2. The van der Waals surface area contributed by atoms with Crippen LogP contribution in [0.3, 0.4) is 0 Å². The summed E-state index contributed by atoms with van der Waals surface area (Å²) in [6.45, 7) is 0.970. The molecular weight excluding hydrogens is 189 g/mol. The highest BCUT2D eigenvalue weighted by Crippen LogP contribution is 2.33. The monoisotopic (exact) mass is 208 g/mol. The molecule has 4 nitrogen and oxygen atoms in total. The minimum atomic E-state index is -3.84. The molecule has 0 saturated carbocycles. The molecule has 0 aliphatic carbocycles. The Hall–Kier alpha value is -0.150. The fourth-order valence-corrected chi connectivity index (χ4v) is 1.22. The number of allylic oxidation sites excluding steroid dienone is 1. The lowest BCUT2D eigenvalue weighted by molar-refractivity contribution is -0.869. The van der Waals surface area contributed by atoms with Crippen LogP contribution in [0.4, 0.5) is 0 Å². The molecule has 0 radical (unpaired) electrons. The van der Waals surface area contributed by atoms with Crippen LogP contribution < -0.4 is 0 Å². The molecule has 0 atom stereocenters. The second-order valence-corrected chi connectivity index (χ2v) is 5.82. The van der Waals surface area contributed by atoms with E-state index in [1.807, 2.05) is 6.08 Å². The predicted octanol–water partition coefficient (Wildman–Crippen LogP) is 0.817. The molecule has 0 bridgehead atoms. The van der Waals surface area contributed by atoms with Crippen LogP contribution in [0.2, 0.25) is 0 Å². The summed E-state index contributed by atoms with van der Waals surface area (Å²) in [6.07, 6.45) is 4.08. The van der Waals surface area contributed by atoms with Crippen LogP contribution in [-0.4, -0.2) is 48.1 Å². The van der Waals surface area contributed by atoms with Gasteiger partial charge in [0.05, 0.1) is 33.8 Å². The smallest absolute Gasteiger partial charge is 0.329 e. The maximum atomic E-state index is 10.4. The Morgan fingerprint density at radius 3 is 2.15 bits per heavy atom. The SMILES string of the molecule is C[N+](C)(C)CCC=CCP(=O)(O)O. The van der Waals surface area contributed by atoms with Gasteiger partial charge in [-0.15, -0.1) is 0 Å². The summed E-state index contributed by atoms with van der Waals surface area (Å²) in [7, 11) is 2.40. The molecule has 78 valence electrons. The third kappa shape index (κ3) is 11.9. The standard InChI is InChI=1S/C8H18NO3P/c1-9(2,3)7-5-4-6-8-13(10,11)12/h4,6H,5,7-8H2,1-3H3,(H-,10,11,12)/p+1. The van der Waals surface area contributed by atoms with Crippen molar-refractivity contribution in [3.05, 3.63) is 12.2 Å². The number of nitrogens with zero attached hydrogens (tertiary/aromatic N) is 1. The van der Waals surface area contributed by atoms with Crippen LogP contribution in [0, 0.1) is 0 Å². The van der Waals surface area contributed by atoms with Gasteiger partial charge in [-0.2, -0.15) is 0 Å². The van der Waals surface area contributed by atoms with Crippen LogP contribution in [-0.2, 0) is 4.57 Å². The second-order valence-electron chi connectivity index (χ2n) is 4.12. The minimum absolute atomic E-state index is 0.149. The average molecular weight is 208 g/mol. The first-order valence-corrected chi connectivity index (χ1v) is 6.00. The van der Waals surface area contributed by atoms with Crippen molar-refractivity contribution in [2.45, 2.75) is 6.42 Å². The van der Waals surface area contributed by atoms with Crippen LogP contribution >= 0.6 is 7.60 Å². The molecule has 0 rings (SSSR count). The van der Waals surface area contributed by atoms with Gasteiger partial charge in [0.1, 0.15) is 0 Å². The molecule has 0 fully saturated rings. The second kappa shape index (κ2) is 4.91. The Bertz CT molecular complexity index is 214. The molecule has 5 heteroatoms. The summed E-state index contributed by atoms with van der Waals surface area (Å²) in [5, 5.41) is 0. The third-order valence-corrected chi connectivity index (χ3v) is 2.16. The fourth-order valence-electron chi connectivity index (χ4n) is 0.792. The van der Waals surface area contributed by atoms with Gasteiger partial charge < -0.3 is 14.3 Å². The molecule has 0 aromatic carbocycles. The molecule has 0 aromatic rings. The van der Waals surface area contributed by atoms with Crippen molar-refractivity contribution in [1.82, 2.24) is 0 Å². The Kier molecular flexibility index (Phi) is 4.86. The molecule has 0 amide bonds. The largest absolute Gasteiger partial charge is 0.331 e. The van der Waals surface area contributed by atoms with Crippen molar-refractivity contribution in [1.29, 1.82) is 0 Å². The highest BCUT2D eigenvalue weighted by molar-refractivity contribution is 7.51. The quantitative estimate of drug-likeness (QED) is 0.399. The van der Waals surface area contributed by atoms with E-state index in [-0.39, 0.29) is 6.16 Å². The summed E-state index contributed by atoms with van der Waals surface area (Å²) >= 11 is 0. The van der Waals surface area contributed by atoms with Gasteiger partial charge in [0, 0.05) is 6.42 Å². The van der Waals surface area contributed by atoms with E-state index in [1.54, 1.807) is 6.08 Å². The molecule has 13 heavy (non-hydrogen) atoms. The van der Waals surface area contributed by atoms with Gasteiger partial charge in [-0.1, -0.05) is 12.2 Å². The van der Waals surface area contributed by atoms with E-state index in [0.717, 1.165) is 17.4 Å². The van der Waals surface area contributed by atoms with Gasteiger partial charge in [-0.3, -0.25) is 4.57 Å². The highest BCUT2D eigenvalue weighted by atomic mass is 31.2. The van der Waals surface area contributed by atoms with Gasteiger partial charge in [0.25, 0.3) is 0 Å². The van der Waals surface area contributed by atoms with Crippen LogP contribution in [0.25, 0.3) is 0 Å². The first-order chi connectivity index (χ1) is 5.71. The first-order valence-electron chi connectivity index (χ1n) is 4.21. The zero-order valence-corrected chi connectivity index (χ0v) is 9.37. The Labute approximate surface area is 79.6 Å². The first kappa shape index (κ1) is 12.8. The van der Waals surface area contributed by atoms with E-state index in [1.165, 1.54) is 0 Å². The van der Waals surface area contributed by atoms with Gasteiger partial charge >= 0.3 is 7.60 Å². The lowest BCUT2D eigenvalue weighted by Gasteiger charge is -2.22. The van der Waals surface area contributed by atoms with Crippen LogP contribution in [0.5, 0.6) is 0 Å². The van der Waals surface area contributed by atoms with Crippen molar-refractivity contribution >= 4 is 7.60 Å². The Morgan fingerprint density at radius 2 is 1.77 bits per heavy atom. The van der Waals surface area contributed by atoms with Crippen molar-refractivity contribution in [2.75, 3.05) is 33.8 Å². The highest BCUT2D eigenvalue weighted by Gasteiger charge is 2.08. The average Bonchev–Trinajstić information content (AvgIpc) is 1.81. The summed E-state index contributed by atoms with van der Waals surface area (Å²) in [5.74, 6) is 0. The molecule has 0 aliphatic heterocycles. The molecule has 0 unspecified atom stereocenters. The Morgan fingerprint density at radius 1 is 1.23 bits per heavy atom. The van der Waals surface area contributed by atoms with Crippen molar-refractivity contribution in [3.8, 4) is 0 Å². The van der Waals surface area contributed by atoms with E-state index in [2.05, 4.69) is 21.1 Å². The maximum Gasteiger partial charge on any atom is 0.329 e. The van der Waals surface area contributed by atoms with Gasteiger partial charge in [0.2, 0.25) is 0 Å². The van der Waals surface area contributed by atoms with Gasteiger partial charge in [0.15, 0.2) is 0 Å². The maximum absolute atomic E-state index is 10.4. The molecule has 0 heterocycles. The number of quaternary nitrogens is 1. The molecule has 0 aromatic heterocycles. The summed E-state index contributed by atoms with van der Waals surface area (Å²) in [5.41, 5.74) is 0. The summed E-state index contributed by atoms with van der Waals surface area (Å²) in [4.78, 5) is 17.1. The van der Waals surface area contributed by atoms with E-state index in [0.29, 0.717) is 0 Å². The van der Waals surface area contributed by atoms with E-state index in [9.17, 15) is 4.57 Å². The number of rotatable bonds is 5. The molecular formula is C8H19NO3P+.